The lowest BCUT2D eigenvalue weighted by Crippen LogP contribution is -2.61. The number of ether oxygens (including phenoxy) is 10. The monoisotopic (exact) mass is 1180 g/mol. The van der Waals surface area contributed by atoms with Crippen molar-refractivity contribution >= 4 is 35.3 Å². The van der Waals surface area contributed by atoms with Gasteiger partial charge in [-0.1, -0.05) is 71.1 Å². The predicted molar refractivity (Wildman–Crippen MR) is 310 cm³/mol. The molecule has 1 unspecified atom stereocenters. The van der Waals surface area contributed by atoms with Crippen LogP contribution in [0.5, 0.6) is 0 Å². The van der Waals surface area contributed by atoms with Crippen molar-refractivity contribution in [3.8, 4) is 0 Å². The highest BCUT2D eigenvalue weighted by Gasteiger charge is 2.53. The van der Waals surface area contributed by atoms with Crippen molar-refractivity contribution in [2.75, 3.05) is 87.3 Å². The van der Waals surface area contributed by atoms with E-state index in [0.29, 0.717) is 103 Å². The van der Waals surface area contributed by atoms with Gasteiger partial charge in [0.05, 0.1) is 64.6 Å². The lowest BCUT2D eigenvalue weighted by molar-refractivity contribution is -0.265. The molecular formula is C62H101N3O18. The molecule has 0 radical (unpaired) electrons. The number of nitrogens with zero attached hydrogens (tertiary/aromatic N) is 1. The summed E-state index contributed by atoms with van der Waals surface area (Å²) in [5.41, 5.74) is 8.18. The summed E-state index contributed by atoms with van der Waals surface area (Å²) < 4.78 is 57.4. The Morgan fingerprint density at radius 3 is 2.12 bits per heavy atom. The highest BCUT2D eigenvalue weighted by Crippen LogP contribution is 2.37. The van der Waals surface area contributed by atoms with Crippen LogP contribution in [0.2, 0.25) is 0 Å². The lowest BCUT2D eigenvalue weighted by atomic mass is 9.80. The summed E-state index contributed by atoms with van der Waals surface area (Å²) in [7, 11) is 4.45. The number of ketones is 3. The van der Waals surface area contributed by atoms with Gasteiger partial charge in [0.25, 0.3) is 11.7 Å². The number of amides is 2. The number of rotatable bonds is 21. The lowest BCUT2D eigenvalue weighted by Gasteiger charge is -2.42. The number of fused-ring (bicyclic) bond motifs is 3. The van der Waals surface area contributed by atoms with E-state index in [4.69, 9.17) is 53.1 Å². The number of carbonyl (C=O) groups excluding carboxylic acids is 6. The van der Waals surface area contributed by atoms with Crippen molar-refractivity contribution in [3.05, 3.63) is 47.6 Å². The molecule has 0 aromatic carbocycles. The maximum atomic E-state index is 14.6. The number of carbonyl (C=O) groups is 6. The van der Waals surface area contributed by atoms with Crippen molar-refractivity contribution in [1.82, 2.24) is 10.2 Å². The molecule has 3 fully saturated rings. The molecule has 4 aliphatic rings. The van der Waals surface area contributed by atoms with Gasteiger partial charge >= 0.3 is 12.1 Å². The zero-order chi connectivity index (χ0) is 61.1. The third-order valence-electron chi connectivity index (χ3n) is 16.4. The molecule has 4 rings (SSSR count). The minimum atomic E-state index is -2.48. The maximum absolute atomic E-state index is 14.6. The molecule has 83 heavy (non-hydrogen) atoms. The van der Waals surface area contributed by atoms with Gasteiger partial charge in [-0.05, 0) is 107 Å². The Morgan fingerprint density at radius 2 is 1.47 bits per heavy atom. The summed E-state index contributed by atoms with van der Waals surface area (Å²) in [6, 6.07) is -2.17. The molecule has 2 bridgehead atoms. The first-order chi connectivity index (χ1) is 39.7. The van der Waals surface area contributed by atoms with Crippen LogP contribution in [0.1, 0.15) is 132 Å². The van der Waals surface area contributed by atoms with Crippen LogP contribution in [-0.2, 0) is 71.3 Å². The standard InChI is InChI=1S/C62H101N3O18/c1-11-26-77-28-30-79-32-33-80-31-29-78-27-24-64-61(72)82-51-23-21-46(37-54(51)75-9)36-48(63)53-39-50(66)42(4)35-44(6)56(68)57(76-10)55(67)43(5)34-40(2)17-13-12-14-18-41(3)52(74-8)38-47-22-20-45(7)62(73,83-47)58(69)59(70)65-25-16-15-19-49(65)60(71)81-53/h12-14,17-18,35,40,42-43,45-49,51-54,56-57,68,73H,11,15-16,19-34,36-39,63H2,1-10H3,(H,64,72)/b14-12+,17-13+,41-18+,44-35+/t40-,42-,43-,45-,46+,47+,48-,49?,51-,52+,53+,54-,56-,57+,62-/m1/s1. The maximum Gasteiger partial charge on any atom is 0.407 e. The molecule has 3 aliphatic heterocycles. The number of cyclic esters (lactones) is 1. The number of alkyl carbamates (subject to hydrolysis) is 1. The van der Waals surface area contributed by atoms with Gasteiger partial charge in [0.15, 0.2) is 5.78 Å². The molecule has 0 aromatic rings. The third-order valence-corrected chi connectivity index (χ3v) is 16.4. The number of piperidine rings is 1. The minimum absolute atomic E-state index is 0.0141. The first kappa shape index (κ1) is 71.2. The van der Waals surface area contributed by atoms with Crippen LogP contribution < -0.4 is 11.1 Å². The molecule has 2 amide bonds. The van der Waals surface area contributed by atoms with Gasteiger partial charge in [-0.25, -0.2) is 9.59 Å². The zero-order valence-corrected chi connectivity index (χ0v) is 51.3. The summed E-state index contributed by atoms with van der Waals surface area (Å²) >= 11 is 0. The molecule has 0 aromatic heterocycles. The van der Waals surface area contributed by atoms with Gasteiger partial charge in [-0.3, -0.25) is 19.2 Å². The second-order valence-corrected chi connectivity index (χ2v) is 23.0. The van der Waals surface area contributed by atoms with Crippen molar-refractivity contribution in [2.24, 2.45) is 35.3 Å². The van der Waals surface area contributed by atoms with Crippen LogP contribution in [0, 0.1) is 29.6 Å². The van der Waals surface area contributed by atoms with Gasteiger partial charge in [0, 0.05) is 77.7 Å². The number of allylic oxidation sites excluding steroid dienone is 6. The third kappa shape index (κ3) is 22.8. The molecule has 1 saturated carbocycles. The van der Waals surface area contributed by atoms with Crippen molar-refractivity contribution < 1.29 is 86.3 Å². The molecular weight excluding hydrogens is 1070 g/mol. The van der Waals surface area contributed by atoms with Crippen LogP contribution in [-0.4, -0.2) is 198 Å². The van der Waals surface area contributed by atoms with Gasteiger partial charge in [-0.2, -0.15) is 0 Å². The Morgan fingerprint density at radius 1 is 0.795 bits per heavy atom. The Hall–Kier alpha value is -4.26. The quantitative estimate of drug-likeness (QED) is 0.0438. The van der Waals surface area contributed by atoms with Crippen LogP contribution in [0.15, 0.2) is 47.6 Å². The van der Waals surface area contributed by atoms with E-state index >= 15 is 0 Å². The average Bonchev–Trinajstić information content (AvgIpc) is 3.60. The Balaban J connectivity index is 1.51. The van der Waals surface area contributed by atoms with E-state index in [9.17, 15) is 39.0 Å². The number of methoxy groups -OCH3 is 3. The second-order valence-electron chi connectivity index (χ2n) is 23.0. The SMILES string of the molecule is CCCOCCOCCOCCOCCNC(=O)O[C@@H]1CC[C@@H](C[C@@H](N)[C@@H]2CC(=O)[C@H](C)/C=C(\C)[C@@H](O)[C@@H](OC)C(=O)[C@H](C)C[C@H](C)/C=C/C=C/C=C(\C)[C@@H](OC)C[C@@H]3CC[C@@H](C)[C@@](O)(O3)C(=O)C(=O)N3CCCCC3C(=O)O2)C[C@H]1OC. The van der Waals surface area contributed by atoms with Gasteiger partial charge in [0.2, 0.25) is 5.79 Å². The summed E-state index contributed by atoms with van der Waals surface area (Å²) in [5, 5.41) is 26.3. The molecule has 472 valence electrons. The molecule has 3 heterocycles. The number of nitrogens with one attached hydrogen (secondary N) is 1. The first-order valence-corrected chi connectivity index (χ1v) is 30.2. The van der Waals surface area contributed by atoms with E-state index in [-0.39, 0.29) is 68.8 Å². The summed E-state index contributed by atoms with van der Waals surface area (Å²) in [6.45, 7) is 16.5. The fourth-order valence-electron chi connectivity index (χ4n) is 11.3. The van der Waals surface area contributed by atoms with E-state index in [1.165, 1.54) is 14.2 Å². The second kappa shape index (κ2) is 37.3. The van der Waals surface area contributed by atoms with E-state index in [2.05, 4.69) is 5.32 Å². The molecule has 1 aliphatic carbocycles. The fourth-order valence-corrected chi connectivity index (χ4v) is 11.3. The molecule has 2 saturated heterocycles. The smallest absolute Gasteiger partial charge is 0.407 e. The number of nitrogens with two attached hydrogens (primary N) is 1. The van der Waals surface area contributed by atoms with Gasteiger partial charge in [-0.15, -0.1) is 0 Å². The van der Waals surface area contributed by atoms with E-state index in [1.807, 2.05) is 51.2 Å². The Kier molecular flexibility index (Phi) is 32.0. The van der Waals surface area contributed by atoms with Crippen molar-refractivity contribution in [2.45, 2.75) is 193 Å². The summed E-state index contributed by atoms with van der Waals surface area (Å²) in [5.74, 6) is -8.51. The number of esters is 1. The Bertz CT molecular complexity index is 2150. The summed E-state index contributed by atoms with van der Waals surface area (Å²) in [4.78, 5) is 85.5. The molecule has 21 nitrogen and oxygen atoms in total. The highest BCUT2D eigenvalue weighted by molar-refractivity contribution is 6.39. The first-order valence-electron chi connectivity index (χ1n) is 30.2. The predicted octanol–water partition coefficient (Wildman–Crippen LogP) is 6.08. The number of hydrogen-bond acceptors (Lipinski definition) is 19. The molecule has 0 spiro atoms. The average molecular weight is 1180 g/mol. The molecule has 5 N–H and O–H groups in total. The largest absolute Gasteiger partial charge is 0.459 e. The number of Topliss-reactive ketones (excluding diaryl/α,β-unsaturated/α-hetero) is 3. The summed E-state index contributed by atoms with van der Waals surface area (Å²) in [6.07, 6.45) is 9.53. The van der Waals surface area contributed by atoms with Crippen LogP contribution in [0.25, 0.3) is 0 Å². The number of hydrogen-bond donors (Lipinski definition) is 4. The van der Waals surface area contributed by atoms with Crippen LogP contribution in [0.3, 0.4) is 0 Å². The highest BCUT2D eigenvalue weighted by atomic mass is 16.6. The molecule has 21 heteroatoms. The van der Waals surface area contributed by atoms with Crippen LogP contribution in [0.4, 0.5) is 4.79 Å². The van der Waals surface area contributed by atoms with Gasteiger partial charge in [0.1, 0.15) is 36.2 Å². The molecule has 15 atom stereocenters. The van der Waals surface area contributed by atoms with E-state index < -0.39 is 102 Å². The topological polar surface area (TPSA) is 276 Å². The fraction of sp³-hybridized carbons (Fsp3) is 0.774. The van der Waals surface area contributed by atoms with Crippen LogP contribution >= 0.6 is 0 Å². The van der Waals surface area contributed by atoms with Gasteiger partial charge < -0.3 is 73.5 Å². The normalized spacial score (nSPS) is 34.1. The number of aliphatic hydroxyl groups is 2. The zero-order valence-electron chi connectivity index (χ0n) is 51.3. The number of aliphatic hydroxyl groups excluding tert-OH is 1. The Labute approximate surface area is 493 Å². The van der Waals surface area contributed by atoms with Crippen molar-refractivity contribution in [3.63, 3.8) is 0 Å². The van der Waals surface area contributed by atoms with E-state index in [1.54, 1.807) is 40.9 Å². The van der Waals surface area contributed by atoms with E-state index in [0.717, 1.165) is 16.9 Å². The minimum Gasteiger partial charge on any atom is -0.459 e. The van der Waals surface area contributed by atoms with Crippen molar-refractivity contribution in [1.29, 1.82) is 0 Å².